The van der Waals surface area contributed by atoms with Gasteiger partial charge in [-0.05, 0) is 54.0 Å². The molecule has 1 amide bonds. The Morgan fingerprint density at radius 1 is 1.25 bits per heavy atom. The second kappa shape index (κ2) is 7.05. The Morgan fingerprint density at radius 2 is 1.95 bits per heavy atom. The van der Waals surface area contributed by atoms with Crippen LogP contribution in [-0.2, 0) is 4.79 Å². The molecule has 1 aliphatic rings. The van der Waals surface area contributed by atoms with Gasteiger partial charge in [-0.3, -0.25) is 4.79 Å². The van der Waals surface area contributed by atoms with Crippen LogP contribution in [0.25, 0.3) is 0 Å². The van der Waals surface area contributed by atoms with Crippen molar-refractivity contribution in [1.82, 2.24) is 5.32 Å². The van der Waals surface area contributed by atoms with Gasteiger partial charge in [0.05, 0.1) is 5.69 Å². The predicted octanol–water partition coefficient (Wildman–Crippen LogP) is 4.46. The number of hydrogen-bond acceptors (Lipinski definition) is 2. The molecule has 0 aliphatic heterocycles. The molecular formula is C15H20Br2N2O. The van der Waals surface area contributed by atoms with E-state index in [9.17, 15) is 4.79 Å². The molecular weight excluding hydrogens is 384 g/mol. The maximum Gasteiger partial charge on any atom is 0.226 e. The van der Waals surface area contributed by atoms with Crippen molar-refractivity contribution >= 4 is 43.5 Å². The molecule has 0 saturated heterocycles. The highest BCUT2D eigenvalue weighted by atomic mass is 79.9. The molecule has 0 unspecified atom stereocenters. The van der Waals surface area contributed by atoms with E-state index < -0.39 is 0 Å². The molecule has 0 spiro atoms. The minimum Gasteiger partial charge on any atom is -0.325 e. The van der Waals surface area contributed by atoms with Crippen LogP contribution in [0.5, 0.6) is 0 Å². The summed E-state index contributed by atoms with van der Waals surface area (Å²) in [7, 11) is 1.97. The van der Waals surface area contributed by atoms with E-state index >= 15 is 0 Å². The maximum atomic E-state index is 12.3. The Balaban J connectivity index is 2.00. The molecule has 0 radical (unpaired) electrons. The summed E-state index contributed by atoms with van der Waals surface area (Å²) in [5.41, 5.74) is 0.796. The summed E-state index contributed by atoms with van der Waals surface area (Å²) >= 11 is 6.88. The number of halogens is 2. The number of rotatable bonds is 4. The van der Waals surface area contributed by atoms with E-state index in [0.717, 1.165) is 27.5 Å². The Labute approximate surface area is 137 Å². The van der Waals surface area contributed by atoms with Gasteiger partial charge in [0, 0.05) is 20.9 Å². The van der Waals surface area contributed by atoms with E-state index in [1.54, 1.807) is 0 Å². The van der Waals surface area contributed by atoms with Gasteiger partial charge in [0.2, 0.25) is 5.91 Å². The fourth-order valence-corrected chi connectivity index (χ4v) is 3.98. The predicted molar refractivity (Wildman–Crippen MR) is 90.0 cm³/mol. The highest BCUT2D eigenvalue weighted by Gasteiger charge is 2.32. The van der Waals surface area contributed by atoms with E-state index in [0.29, 0.717) is 6.42 Å². The van der Waals surface area contributed by atoms with Crippen molar-refractivity contribution in [3.63, 3.8) is 0 Å². The van der Waals surface area contributed by atoms with E-state index in [4.69, 9.17) is 0 Å². The molecule has 2 rings (SSSR count). The summed E-state index contributed by atoms with van der Waals surface area (Å²) < 4.78 is 1.88. The van der Waals surface area contributed by atoms with E-state index in [2.05, 4.69) is 42.5 Å². The third-order valence-corrected chi connectivity index (χ3v) is 5.19. The Bertz CT molecular complexity index is 485. The monoisotopic (exact) mass is 402 g/mol. The lowest BCUT2D eigenvalue weighted by Gasteiger charge is -2.36. The number of nitrogens with one attached hydrogen (secondary N) is 2. The number of amides is 1. The zero-order valence-corrected chi connectivity index (χ0v) is 14.8. The average Bonchev–Trinajstić information content (AvgIpc) is 2.43. The van der Waals surface area contributed by atoms with Crippen LogP contribution in [0.3, 0.4) is 0 Å². The third kappa shape index (κ3) is 4.06. The first kappa shape index (κ1) is 16.0. The lowest BCUT2D eigenvalue weighted by atomic mass is 9.79. The summed E-state index contributed by atoms with van der Waals surface area (Å²) in [5.74, 6) is 0.0734. The number of carbonyl (C=O) groups excluding carboxylic acids is 1. The van der Waals surface area contributed by atoms with Gasteiger partial charge < -0.3 is 10.6 Å². The molecule has 1 aliphatic carbocycles. The zero-order valence-electron chi connectivity index (χ0n) is 11.6. The molecule has 20 heavy (non-hydrogen) atoms. The number of benzene rings is 1. The van der Waals surface area contributed by atoms with Gasteiger partial charge in [0.15, 0.2) is 0 Å². The summed E-state index contributed by atoms with van der Waals surface area (Å²) in [4.78, 5) is 12.3. The van der Waals surface area contributed by atoms with Crippen molar-refractivity contribution in [1.29, 1.82) is 0 Å². The number of anilines is 1. The zero-order chi connectivity index (χ0) is 14.6. The summed E-state index contributed by atoms with van der Waals surface area (Å²) in [6.07, 6.45) is 6.39. The van der Waals surface area contributed by atoms with Gasteiger partial charge in [-0.15, -0.1) is 0 Å². The first-order valence-corrected chi connectivity index (χ1v) is 8.57. The van der Waals surface area contributed by atoms with Crippen LogP contribution < -0.4 is 10.6 Å². The highest BCUT2D eigenvalue weighted by molar-refractivity contribution is 9.11. The lowest BCUT2D eigenvalue weighted by molar-refractivity contribution is -0.117. The van der Waals surface area contributed by atoms with Crippen molar-refractivity contribution in [2.24, 2.45) is 0 Å². The van der Waals surface area contributed by atoms with Crippen LogP contribution in [0.15, 0.2) is 27.1 Å². The SMILES string of the molecule is CNC1(CC(=O)Nc2ccc(Br)cc2Br)CCCCC1. The second-order valence-corrected chi connectivity index (χ2v) is 7.21. The first-order valence-electron chi connectivity index (χ1n) is 6.98. The van der Waals surface area contributed by atoms with Crippen LogP contribution >= 0.6 is 31.9 Å². The topological polar surface area (TPSA) is 41.1 Å². The molecule has 0 bridgehead atoms. The molecule has 1 aromatic rings. The van der Waals surface area contributed by atoms with Gasteiger partial charge in [-0.2, -0.15) is 0 Å². The molecule has 2 N–H and O–H groups in total. The highest BCUT2D eigenvalue weighted by Crippen LogP contribution is 2.32. The van der Waals surface area contributed by atoms with E-state index in [1.807, 2.05) is 25.2 Å². The van der Waals surface area contributed by atoms with Gasteiger partial charge in [-0.1, -0.05) is 35.2 Å². The van der Waals surface area contributed by atoms with Crippen LogP contribution in [0.2, 0.25) is 0 Å². The standard InChI is InChI=1S/C15H20Br2N2O/c1-18-15(7-3-2-4-8-15)10-14(20)19-13-6-5-11(16)9-12(13)17/h5-6,9,18H,2-4,7-8,10H2,1H3,(H,19,20). The molecule has 5 heteroatoms. The maximum absolute atomic E-state index is 12.3. The smallest absolute Gasteiger partial charge is 0.226 e. The van der Waals surface area contributed by atoms with Crippen molar-refractivity contribution in [3.8, 4) is 0 Å². The minimum absolute atomic E-state index is 0.0236. The molecule has 0 aromatic heterocycles. The van der Waals surface area contributed by atoms with E-state index in [-0.39, 0.29) is 11.4 Å². The molecule has 1 saturated carbocycles. The summed E-state index contributed by atoms with van der Waals surface area (Å²) in [6.45, 7) is 0. The van der Waals surface area contributed by atoms with Crippen molar-refractivity contribution < 1.29 is 4.79 Å². The van der Waals surface area contributed by atoms with Crippen molar-refractivity contribution in [2.75, 3.05) is 12.4 Å². The fraction of sp³-hybridized carbons (Fsp3) is 0.533. The van der Waals surface area contributed by atoms with Crippen LogP contribution in [0.1, 0.15) is 38.5 Å². The molecule has 1 aromatic carbocycles. The molecule has 110 valence electrons. The fourth-order valence-electron chi connectivity index (χ4n) is 2.84. The second-order valence-electron chi connectivity index (χ2n) is 5.44. The quantitative estimate of drug-likeness (QED) is 0.778. The Hall–Kier alpha value is -0.390. The molecule has 0 heterocycles. The van der Waals surface area contributed by atoms with Gasteiger partial charge in [0.25, 0.3) is 0 Å². The molecule has 0 atom stereocenters. The Kier molecular flexibility index (Phi) is 5.64. The van der Waals surface area contributed by atoms with Gasteiger partial charge >= 0.3 is 0 Å². The van der Waals surface area contributed by atoms with Crippen LogP contribution in [0.4, 0.5) is 5.69 Å². The van der Waals surface area contributed by atoms with Gasteiger partial charge in [0.1, 0.15) is 0 Å². The van der Waals surface area contributed by atoms with Crippen molar-refractivity contribution in [3.05, 3.63) is 27.1 Å². The third-order valence-electron chi connectivity index (χ3n) is 4.05. The summed E-state index contributed by atoms with van der Waals surface area (Å²) in [5, 5.41) is 6.37. The van der Waals surface area contributed by atoms with Crippen molar-refractivity contribution in [2.45, 2.75) is 44.1 Å². The minimum atomic E-state index is -0.0236. The lowest BCUT2D eigenvalue weighted by Crippen LogP contribution is -2.47. The van der Waals surface area contributed by atoms with Crippen LogP contribution in [-0.4, -0.2) is 18.5 Å². The summed E-state index contributed by atoms with van der Waals surface area (Å²) in [6, 6.07) is 5.76. The normalized spacial score (nSPS) is 17.8. The molecule has 3 nitrogen and oxygen atoms in total. The number of carbonyl (C=O) groups is 1. The van der Waals surface area contributed by atoms with Crippen LogP contribution in [0, 0.1) is 0 Å². The Morgan fingerprint density at radius 3 is 2.55 bits per heavy atom. The van der Waals surface area contributed by atoms with Gasteiger partial charge in [-0.25, -0.2) is 0 Å². The average molecular weight is 404 g/mol. The van der Waals surface area contributed by atoms with E-state index in [1.165, 1.54) is 19.3 Å². The number of hydrogen-bond donors (Lipinski definition) is 2. The largest absolute Gasteiger partial charge is 0.325 e. The first-order chi connectivity index (χ1) is 9.54. The molecule has 1 fully saturated rings.